The number of aryl methyl sites for hydroxylation is 1. The van der Waals surface area contributed by atoms with Crippen molar-refractivity contribution in [3.63, 3.8) is 0 Å². The summed E-state index contributed by atoms with van der Waals surface area (Å²) in [5.41, 5.74) is 2.65. The Kier molecular flexibility index (Phi) is 7.20. The predicted molar refractivity (Wildman–Crippen MR) is 113 cm³/mol. The van der Waals surface area contributed by atoms with E-state index < -0.39 is 0 Å². The van der Waals surface area contributed by atoms with E-state index in [1.807, 2.05) is 54.6 Å². The van der Waals surface area contributed by atoms with Gasteiger partial charge in [-0.15, -0.1) is 0 Å². The summed E-state index contributed by atoms with van der Waals surface area (Å²) in [5.74, 6) is 0.0272. The summed E-state index contributed by atoms with van der Waals surface area (Å²) in [5, 5.41) is 5.86. The van der Waals surface area contributed by atoms with Crippen LogP contribution in [0.3, 0.4) is 0 Å². The Morgan fingerprint density at radius 2 is 1.57 bits per heavy atom. The van der Waals surface area contributed by atoms with Gasteiger partial charge in [0, 0.05) is 30.3 Å². The molecule has 0 aromatic heterocycles. The quantitative estimate of drug-likeness (QED) is 0.762. The maximum Gasteiger partial charge on any atom is 0.225 e. The van der Waals surface area contributed by atoms with E-state index in [0.717, 1.165) is 36.3 Å². The van der Waals surface area contributed by atoms with Crippen LogP contribution in [0.4, 0.5) is 11.4 Å². The molecule has 2 N–H and O–H groups in total. The largest absolute Gasteiger partial charge is 0.326 e. The monoisotopic (exact) mass is 379 g/mol. The third-order valence-corrected chi connectivity index (χ3v) is 5.28. The van der Waals surface area contributed by atoms with Crippen LogP contribution in [0.15, 0.2) is 54.6 Å². The van der Waals surface area contributed by atoms with Crippen molar-refractivity contribution in [1.82, 2.24) is 4.90 Å². The summed E-state index contributed by atoms with van der Waals surface area (Å²) < 4.78 is 0. The highest BCUT2D eigenvalue weighted by Crippen LogP contribution is 2.19. The van der Waals surface area contributed by atoms with E-state index in [4.69, 9.17) is 0 Å². The van der Waals surface area contributed by atoms with Gasteiger partial charge >= 0.3 is 0 Å². The number of carbonyl (C=O) groups is 2. The lowest BCUT2D eigenvalue weighted by atomic mass is 10.00. The molecule has 2 amide bonds. The summed E-state index contributed by atoms with van der Waals surface area (Å²) in [6, 6.07) is 17.6. The fourth-order valence-corrected chi connectivity index (χ4v) is 3.59. The van der Waals surface area contributed by atoms with Gasteiger partial charge in [0.2, 0.25) is 11.8 Å². The second kappa shape index (κ2) is 10.0. The van der Waals surface area contributed by atoms with Gasteiger partial charge in [-0.2, -0.15) is 0 Å². The fourth-order valence-electron chi connectivity index (χ4n) is 3.59. The first-order valence-electron chi connectivity index (χ1n) is 10.0. The summed E-state index contributed by atoms with van der Waals surface area (Å²) in [6.45, 7) is 1.07. The van der Waals surface area contributed by atoms with Gasteiger partial charge in [-0.1, -0.05) is 36.8 Å². The molecule has 5 nitrogen and oxygen atoms in total. The lowest BCUT2D eigenvalue weighted by Gasteiger charge is -2.31. The van der Waals surface area contributed by atoms with E-state index in [9.17, 15) is 9.59 Å². The molecule has 5 heteroatoms. The Labute approximate surface area is 167 Å². The van der Waals surface area contributed by atoms with Gasteiger partial charge in [0.05, 0.1) is 0 Å². The number of nitrogens with one attached hydrogen (secondary N) is 2. The van der Waals surface area contributed by atoms with Gasteiger partial charge in [0.25, 0.3) is 0 Å². The van der Waals surface area contributed by atoms with E-state index in [2.05, 4.69) is 22.6 Å². The number of carbonyl (C=O) groups excluding carboxylic acids is 2. The number of piperidine rings is 1. The molecule has 28 heavy (non-hydrogen) atoms. The second-order valence-corrected chi connectivity index (χ2v) is 7.49. The van der Waals surface area contributed by atoms with Gasteiger partial charge in [-0.05, 0) is 62.7 Å². The second-order valence-electron chi connectivity index (χ2n) is 7.49. The molecule has 2 aromatic carbocycles. The van der Waals surface area contributed by atoms with Crippen LogP contribution in [-0.4, -0.2) is 36.3 Å². The van der Waals surface area contributed by atoms with E-state index >= 15 is 0 Å². The van der Waals surface area contributed by atoms with Crippen LogP contribution in [-0.2, 0) is 16.0 Å². The summed E-state index contributed by atoms with van der Waals surface area (Å²) in [7, 11) is 2.09. The smallest absolute Gasteiger partial charge is 0.225 e. The highest BCUT2D eigenvalue weighted by molar-refractivity contribution is 5.93. The molecule has 1 unspecified atom stereocenters. The maximum atomic E-state index is 12.3. The Hall–Kier alpha value is -2.66. The minimum atomic E-state index is -0.0130. The summed E-state index contributed by atoms with van der Waals surface area (Å²) in [6.07, 6.45) is 5.17. The molecule has 1 saturated heterocycles. The zero-order chi connectivity index (χ0) is 19.8. The molecule has 1 fully saturated rings. The third kappa shape index (κ3) is 6.20. The SMILES string of the molecule is CN1CCCCC1CC(=O)Nc1ccc(NC(=O)CCc2ccccc2)cc1. The van der Waals surface area contributed by atoms with Crippen molar-refractivity contribution in [3.8, 4) is 0 Å². The number of hydrogen-bond acceptors (Lipinski definition) is 3. The Morgan fingerprint density at radius 3 is 2.21 bits per heavy atom. The molecule has 1 aliphatic heterocycles. The van der Waals surface area contributed by atoms with E-state index in [1.165, 1.54) is 12.8 Å². The van der Waals surface area contributed by atoms with E-state index in [-0.39, 0.29) is 11.8 Å². The normalized spacial score (nSPS) is 17.1. The van der Waals surface area contributed by atoms with Gasteiger partial charge in [-0.3, -0.25) is 9.59 Å². The molecule has 3 rings (SSSR count). The number of hydrogen-bond donors (Lipinski definition) is 2. The summed E-state index contributed by atoms with van der Waals surface area (Å²) in [4.78, 5) is 26.7. The molecule has 148 valence electrons. The van der Waals surface area contributed by atoms with Crippen molar-refractivity contribution in [1.29, 1.82) is 0 Å². The highest BCUT2D eigenvalue weighted by atomic mass is 16.2. The van der Waals surface area contributed by atoms with E-state index in [1.54, 1.807) is 0 Å². The number of anilines is 2. The molecule has 1 heterocycles. The molecule has 1 atom stereocenters. The van der Waals surface area contributed by atoms with Crippen LogP contribution in [0, 0.1) is 0 Å². The highest BCUT2D eigenvalue weighted by Gasteiger charge is 2.21. The maximum absolute atomic E-state index is 12.3. The molecule has 1 aliphatic rings. The van der Waals surface area contributed by atoms with Gasteiger partial charge in [0.15, 0.2) is 0 Å². The molecule has 0 bridgehead atoms. The van der Waals surface area contributed by atoms with Crippen molar-refractivity contribution < 1.29 is 9.59 Å². The fraction of sp³-hybridized carbons (Fsp3) is 0.391. The minimum Gasteiger partial charge on any atom is -0.326 e. The third-order valence-electron chi connectivity index (χ3n) is 5.28. The van der Waals surface area contributed by atoms with Crippen molar-refractivity contribution in [3.05, 3.63) is 60.2 Å². The van der Waals surface area contributed by atoms with Crippen LogP contribution in [0.25, 0.3) is 0 Å². The predicted octanol–water partition coefficient (Wildman–Crippen LogP) is 4.07. The van der Waals surface area contributed by atoms with Crippen molar-refractivity contribution in [2.24, 2.45) is 0 Å². The zero-order valence-electron chi connectivity index (χ0n) is 16.5. The minimum absolute atomic E-state index is 0.0130. The number of benzene rings is 2. The Balaban J connectivity index is 1.43. The average Bonchev–Trinajstić information content (AvgIpc) is 2.70. The Morgan fingerprint density at radius 1 is 0.929 bits per heavy atom. The number of amides is 2. The Bertz CT molecular complexity index is 774. The van der Waals surface area contributed by atoms with Crippen LogP contribution in [0.5, 0.6) is 0 Å². The molecular weight excluding hydrogens is 350 g/mol. The van der Waals surface area contributed by atoms with Crippen LogP contribution in [0.1, 0.15) is 37.7 Å². The van der Waals surface area contributed by atoms with Crippen molar-refractivity contribution in [2.75, 3.05) is 24.2 Å². The number of likely N-dealkylation sites (tertiary alicyclic amines) is 1. The molecule has 0 saturated carbocycles. The number of rotatable bonds is 7. The first kappa shape index (κ1) is 20.1. The average molecular weight is 380 g/mol. The molecule has 0 radical (unpaired) electrons. The number of nitrogens with zero attached hydrogens (tertiary/aromatic N) is 1. The topological polar surface area (TPSA) is 61.4 Å². The van der Waals surface area contributed by atoms with Gasteiger partial charge in [-0.25, -0.2) is 0 Å². The summed E-state index contributed by atoms with van der Waals surface area (Å²) >= 11 is 0. The lowest BCUT2D eigenvalue weighted by molar-refractivity contribution is -0.118. The van der Waals surface area contributed by atoms with Crippen molar-refractivity contribution in [2.45, 2.75) is 44.6 Å². The molecule has 2 aromatic rings. The first-order chi connectivity index (χ1) is 13.6. The molecule has 0 aliphatic carbocycles. The first-order valence-corrected chi connectivity index (χ1v) is 10.0. The van der Waals surface area contributed by atoms with Crippen LogP contribution >= 0.6 is 0 Å². The van der Waals surface area contributed by atoms with Crippen LogP contribution < -0.4 is 10.6 Å². The molecular formula is C23H29N3O2. The van der Waals surface area contributed by atoms with Gasteiger partial charge < -0.3 is 15.5 Å². The van der Waals surface area contributed by atoms with Crippen LogP contribution in [0.2, 0.25) is 0 Å². The van der Waals surface area contributed by atoms with E-state index in [0.29, 0.717) is 18.9 Å². The van der Waals surface area contributed by atoms with Crippen molar-refractivity contribution >= 4 is 23.2 Å². The zero-order valence-corrected chi connectivity index (χ0v) is 16.5. The standard InChI is InChI=1S/C23H29N3O2/c1-26-16-6-5-9-21(26)17-23(28)25-20-13-11-19(12-14-20)24-22(27)15-10-18-7-3-2-4-8-18/h2-4,7-8,11-14,21H,5-6,9-10,15-17H2,1H3,(H,24,27)(H,25,28). The van der Waals surface area contributed by atoms with Gasteiger partial charge in [0.1, 0.15) is 0 Å². The molecule has 0 spiro atoms. The lowest BCUT2D eigenvalue weighted by Crippen LogP contribution is -2.38.